The Morgan fingerprint density at radius 3 is 2.04 bits per heavy atom. The van der Waals surface area contributed by atoms with Crippen molar-refractivity contribution in [1.82, 2.24) is 24.8 Å². The summed E-state index contributed by atoms with van der Waals surface area (Å²) < 4.78 is 11.0. The molecule has 0 aliphatic carbocycles. The van der Waals surface area contributed by atoms with Crippen LogP contribution in [-0.2, 0) is 32.2 Å². The number of aliphatic imine (C=N–C) groups is 1. The molecule has 5 atom stereocenters. The molecule has 2 fully saturated rings. The van der Waals surface area contributed by atoms with Crippen molar-refractivity contribution in [3.63, 3.8) is 0 Å². The number of methoxy groups -OCH3 is 2. The van der Waals surface area contributed by atoms with Gasteiger partial charge in [0.05, 0.1) is 55.2 Å². The Labute approximate surface area is 263 Å². The molecule has 5 rings (SSSR count). The molecule has 5 unspecified atom stereocenters. The topological polar surface area (TPSA) is 130 Å². The van der Waals surface area contributed by atoms with Crippen molar-refractivity contribution in [2.24, 2.45) is 15.8 Å². The SMILES string of the molecule is C=C/C=N\C(=C/C)C1N(Cc2ccccn2)C(c2ccccn2)C2(C(=O)OC)CN(Cc3ccccn3)CC1(C(=O)OC)C2O. The van der Waals surface area contributed by atoms with Gasteiger partial charge in [0.15, 0.2) is 0 Å². The molecule has 11 nitrogen and oxygen atoms in total. The molecule has 45 heavy (non-hydrogen) atoms. The summed E-state index contributed by atoms with van der Waals surface area (Å²) in [6.45, 7) is 6.18. The van der Waals surface area contributed by atoms with Crippen LogP contribution in [-0.4, -0.2) is 87.5 Å². The maximum atomic E-state index is 14.4. The van der Waals surface area contributed by atoms with E-state index in [9.17, 15) is 14.7 Å². The molecule has 5 heterocycles. The maximum absolute atomic E-state index is 14.4. The Balaban J connectivity index is 1.86. The lowest BCUT2D eigenvalue weighted by atomic mass is 9.53. The Morgan fingerprint density at radius 2 is 1.51 bits per heavy atom. The Hall–Kier alpha value is -4.58. The van der Waals surface area contributed by atoms with Crippen molar-refractivity contribution in [2.75, 3.05) is 27.3 Å². The third-order valence-electron chi connectivity index (χ3n) is 8.77. The largest absolute Gasteiger partial charge is 0.468 e. The highest BCUT2D eigenvalue weighted by Crippen LogP contribution is 2.60. The molecular weight excluding hydrogens is 572 g/mol. The number of aromatic nitrogens is 3. The quantitative estimate of drug-likeness (QED) is 0.270. The van der Waals surface area contributed by atoms with E-state index in [1.807, 2.05) is 65.3 Å². The van der Waals surface area contributed by atoms with E-state index in [1.165, 1.54) is 20.4 Å². The number of fused-ring (bicyclic) bond motifs is 2. The van der Waals surface area contributed by atoms with E-state index < -0.39 is 41.0 Å². The number of carbonyl (C=O) groups is 2. The van der Waals surface area contributed by atoms with E-state index in [-0.39, 0.29) is 19.6 Å². The highest BCUT2D eigenvalue weighted by molar-refractivity contribution is 5.87. The second-order valence-corrected chi connectivity index (χ2v) is 11.2. The first kappa shape index (κ1) is 31.8. The van der Waals surface area contributed by atoms with Crippen LogP contribution < -0.4 is 0 Å². The number of hydrogen-bond acceptors (Lipinski definition) is 11. The number of ether oxygens (including phenoxy) is 2. The van der Waals surface area contributed by atoms with Gasteiger partial charge < -0.3 is 14.6 Å². The molecule has 0 aromatic carbocycles. The monoisotopic (exact) mass is 610 g/mol. The molecule has 3 aromatic rings. The average molecular weight is 611 g/mol. The number of likely N-dealkylation sites (tertiary alicyclic amines) is 2. The smallest absolute Gasteiger partial charge is 0.317 e. The van der Waals surface area contributed by atoms with Crippen LogP contribution in [0.1, 0.15) is 30.0 Å². The molecule has 2 bridgehead atoms. The minimum Gasteiger partial charge on any atom is -0.468 e. The van der Waals surface area contributed by atoms with E-state index in [0.29, 0.717) is 23.6 Å². The molecule has 11 heteroatoms. The van der Waals surface area contributed by atoms with E-state index >= 15 is 0 Å². The molecule has 0 amide bonds. The summed E-state index contributed by atoms with van der Waals surface area (Å²) in [5, 5.41) is 12.7. The van der Waals surface area contributed by atoms with Gasteiger partial charge in [0.1, 0.15) is 10.8 Å². The summed E-state index contributed by atoms with van der Waals surface area (Å²) in [4.78, 5) is 51.2. The van der Waals surface area contributed by atoms with Gasteiger partial charge in [0, 0.05) is 51.0 Å². The fourth-order valence-corrected chi connectivity index (χ4v) is 7.14. The zero-order chi connectivity index (χ0) is 32.0. The summed E-state index contributed by atoms with van der Waals surface area (Å²) >= 11 is 0. The van der Waals surface area contributed by atoms with Gasteiger partial charge in [-0.05, 0) is 43.3 Å². The molecule has 2 aliphatic rings. The predicted octanol–water partition coefficient (Wildman–Crippen LogP) is 3.15. The van der Waals surface area contributed by atoms with Crippen molar-refractivity contribution in [2.45, 2.75) is 38.2 Å². The molecule has 2 aliphatic heterocycles. The van der Waals surface area contributed by atoms with Crippen molar-refractivity contribution >= 4 is 18.2 Å². The fraction of sp³-hybridized carbons (Fsp3) is 0.353. The normalized spacial score (nSPS) is 27.2. The number of rotatable bonds is 10. The zero-order valence-corrected chi connectivity index (χ0v) is 25.7. The van der Waals surface area contributed by atoms with Crippen LogP contribution in [0.15, 0.2) is 103 Å². The Morgan fingerprint density at radius 1 is 0.933 bits per heavy atom. The van der Waals surface area contributed by atoms with Gasteiger partial charge in [0.25, 0.3) is 0 Å². The number of aliphatic hydroxyl groups is 1. The fourth-order valence-electron chi connectivity index (χ4n) is 7.14. The Kier molecular flexibility index (Phi) is 9.62. The summed E-state index contributed by atoms with van der Waals surface area (Å²) in [5.74, 6) is -1.36. The number of carbonyl (C=O) groups excluding carboxylic acids is 2. The third-order valence-corrected chi connectivity index (χ3v) is 8.77. The lowest BCUT2D eigenvalue weighted by molar-refractivity contribution is -0.248. The van der Waals surface area contributed by atoms with E-state index in [0.717, 1.165) is 5.69 Å². The molecular formula is C34H38N6O5. The summed E-state index contributed by atoms with van der Waals surface area (Å²) in [6.07, 6.45) is 8.34. The lowest BCUT2D eigenvalue weighted by Gasteiger charge is -2.65. The second-order valence-electron chi connectivity index (χ2n) is 11.2. The maximum Gasteiger partial charge on any atom is 0.317 e. The number of allylic oxidation sites excluding steroid dienone is 2. The molecule has 0 saturated carbocycles. The van der Waals surface area contributed by atoms with Gasteiger partial charge in [-0.2, -0.15) is 0 Å². The van der Waals surface area contributed by atoms with E-state index in [4.69, 9.17) is 19.5 Å². The molecule has 234 valence electrons. The number of hydrogen-bond donors (Lipinski definition) is 1. The van der Waals surface area contributed by atoms with Crippen molar-refractivity contribution < 1.29 is 24.2 Å². The van der Waals surface area contributed by atoms with E-state index in [2.05, 4.69) is 16.5 Å². The van der Waals surface area contributed by atoms with Gasteiger partial charge >= 0.3 is 11.9 Å². The molecule has 3 aromatic heterocycles. The summed E-state index contributed by atoms with van der Waals surface area (Å²) in [6, 6.07) is 14.8. The van der Waals surface area contributed by atoms with Gasteiger partial charge in [-0.1, -0.05) is 36.9 Å². The number of pyridine rings is 3. The highest BCUT2D eigenvalue weighted by atomic mass is 16.5. The van der Waals surface area contributed by atoms with Crippen LogP contribution in [0.4, 0.5) is 0 Å². The summed E-state index contributed by atoms with van der Waals surface area (Å²) in [7, 11) is 2.58. The van der Waals surface area contributed by atoms with E-state index in [1.54, 1.807) is 36.8 Å². The predicted molar refractivity (Wildman–Crippen MR) is 167 cm³/mol. The highest BCUT2D eigenvalue weighted by Gasteiger charge is 2.75. The molecule has 1 N–H and O–H groups in total. The van der Waals surface area contributed by atoms with Gasteiger partial charge in [-0.25, -0.2) is 0 Å². The molecule has 2 saturated heterocycles. The van der Waals surface area contributed by atoms with Crippen LogP contribution in [0.2, 0.25) is 0 Å². The van der Waals surface area contributed by atoms with Crippen LogP contribution in [0.5, 0.6) is 0 Å². The third kappa shape index (κ3) is 5.58. The number of nitrogens with zero attached hydrogens (tertiary/aromatic N) is 6. The first-order valence-corrected chi connectivity index (χ1v) is 14.7. The standard InChI is InChI=1S/C34H38N6O5/c1-5-16-37-26(6-2)28-33(31(42)44-3)22-39(20-24-13-7-10-17-35-24)23-34(30(33)41,32(43)45-4)29(27-15-9-12-19-38-27)40(28)21-25-14-8-11-18-36-25/h5-19,28-30,41H,1,20-23H2,2-4H3/b26-6-,37-16-. The van der Waals surface area contributed by atoms with Crippen LogP contribution >= 0.6 is 0 Å². The van der Waals surface area contributed by atoms with Crippen LogP contribution in [0, 0.1) is 10.8 Å². The van der Waals surface area contributed by atoms with Gasteiger partial charge in [-0.15, -0.1) is 0 Å². The average Bonchev–Trinajstić information content (AvgIpc) is 3.07. The van der Waals surface area contributed by atoms with Crippen molar-refractivity contribution in [1.29, 1.82) is 0 Å². The molecule has 0 spiro atoms. The second kappa shape index (κ2) is 13.6. The first-order valence-electron chi connectivity index (χ1n) is 14.7. The molecule has 0 radical (unpaired) electrons. The van der Waals surface area contributed by atoms with Crippen LogP contribution in [0.3, 0.4) is 0 Å². The van der Waals surface area contributed by atoms with Gasteiger partial charge in [-0.3, -0.25) is 39.3 Å². The number of aliphatic hydroxyl groups excluding tert-OH is 1. The lowest BCUT2D eigenvalue weighted by Crippen LogP contribution is -2.80. The summed E-state index contributed by atoms with van der Waals surface area (Å²) in [5.41, 5.74) is -0.989. The minimum atomic E-state index is -1.71. The van der Waals surface area contributed by atoms with Gasteiger partial charge in [0.2, 0.25) is 0 Å². The zero-order valence-electron chi connectivity index (χ0n) is 25.7. The number of piperidine rings is 2. The van der Waals surface area contributed by atoms with Crippen molar-refractivity contribution in [3.05, 3.63) is 115 Å². The number of esters is 2. The minimum absolute atomic E-state index is 0.0371. The first-order chi connectivity index (χ1) is 21.9. The Bertz CT molecular complexity index is 1550. The van der Waals surface area contributed by atoms with Crippen molar-refractivity contribution in [3.8, 4) is 0 Å². The van der Waals surface area contributed by atoms with Crippen LogP contribution in [0.25, 0.3) is 0 Å².